The number of benzene rings is 1. The van der Waals surface area contributed by atoms with Crippen molar-refractivity contribution in [3.05, 3.63) is 35.9 Å². The van der Waals surface area contributed by atoms with Gasteiger partial charge in [0.25, 0.3) is 0 Å². The molecule has 112 valence electrons. The van der Waals surface area contributed by atoms with Crippen LogP contribution in [0.4, 0.5) is 4.79 Å². The van der Waals surface area contributed by atoms with Gasteiger partial charge in [-0.15, -0.1) is 0 Å². The molecule has 2 fully saturated rings. The Labute approximate surface area is 122 Å². The lowest BCUT2D eigenvalue weighted by Crippen LogP contribution is -2.71. The van der Waals surface area contributed by atoms with Gasteiger partial charge < -0.3 is 19.9 Å². The molecule has 6 heteroatoms. The van der Waals surface area contributed by atoms with E-state index in [1.165, 1.54) is 0 Å². The average molecular weight is 291 g/mol. The Hall–Kier alpha value is -2.08. The fourth-order valence-corrected chi connectivity index (χ4v) is 3.07. The number of hydrogen-bond donors (Lipinski definition) is 2. The van der Waals surface area contributed by atoms with Gasteiger partial charge in [-0.2, -0.15) is 0 Å². The number of carbonyl (C=O) groups is 2. The first-order valence-corrected chi connectivity index (χ1v) is 6.84. The minimum Gasteiger partial charge on any atom is -0.480 e. The molecule has 0 unspecified atom stereocenters. The Bertz CT molecular complexity index is 544. The molecule has 1 aromatic rings. The van der Waals surface area contributed by atoms with Crippen molar-refractivity contribution in [1.82, 2.24) is 5.32 Å². The molecule has 1 spiro atoms. The van der Waals surface area contributed by atoms with E-state index in [1.807, 2.05) is 30.3 Å². The van der Waals surface area contributed by atoms with Crippen molar-refractivity contribution in [2.45, 2.75) is 25.0 Å². The Morgan fingerprint density at radius 2 is 1.90 bits per heavy atom. The molecule has 0 radical (unpaired) electrons. The van der Waals surface area contributed by atoms with Gasteiger partial charge in [0.2, 0.25) is 0 Å². The van der Waals surface area contributed by atoms with Gasteiger partial charge in [-0.25, -0.2) is 9.59 Å². The van der Waals surface area contributed by atoms with Crippen LogP contribution in [0.3, 0.4) is 0 Å². The fourth-order valence-electron chi connectivity index (χ4n) is 3.07. The SMILES string of the molecule is O=C(NC1(C(=O)O)CC2(COC2)C1)OCc1ccccc1. The molecular formula is C15H17NO5. The van der Waals surface area contributed by atoms with Crippen LogP contribution in [0.15, 0.2) is 30.3 Å². The maximum atomic E-state index is 11.8. The van der Waals surface area contributed by atoms with Gasteiger partial charge in [0.05, 0.1) is 13.2 Å². The normalized spacial score (nSPS) is 21.0. The smallest absolute Gasteiger partial charge is 0.408 e. The summed E-state index contributed by atoms with van der Waals surface area (Å²) in [5.74, 6) is -1.02. The number of ether oxygens (including phenoxy) is 2. The summed E-state index contributed by atoms with van der Waals surface area (Å²) in [6.07, 6.45) is 0.0993. The molecule has 0 aromatic heterocycles. The van der Waals surface area contributed by atoms with Gasteiger partial charge in [-0.3, -0.25) is 0 Å². The van der Waals surface area contributed by atoms with E-state index in [-0.39, 0.29) is 12.0 Å². The van der Waals surface area contributed by atoms with Gasteiger partial charge in [-0.1, -0.05) is 30.3 Å². The van der Waals surface area contributed by atoms with E-state index in [0.29, 0.717) is 26.1 Å². The number of amides is 1. The summed E-state index contributed by atoms with van der Waals surface area (Å²) < 4.78 is 10.2. The lowest BCUT2D eigenvalue weighted by atomic mass is 9.56. The molecule has 2 N–H and O–H groups in total. The molecule has 1 aliphatic carbocycles. The standard InChI is InChI=1S/C15H17NO5/c17-12(18)15(7-14(8-15)9-20-10-14)16-13(19)21-6-11-4-2-1-3-5-11/h1-5H,6-10H2,(H,16,19)(H,17,18). The third-order valence-electron chi connectivity index (χ3n) is 4.13. The molecule has 2 aliphatic rings. The predicted octanol–water partition coefficient (Wildman–Crippen LogP) is 1.55. The van der Waals surface area contributed by atoms with E-state index in [1.54, 1.807) is 0 Å². The van der Waals surface area contributed by atoms with E-state index in [2.05, 4.69) is 5.32 Å². The molecule has 1 amide bonds. The van der Waals surface area contributed by atoms with E-state index in [9.17, 15) is 14.7 Å². The number of rotatable bonds is 4. The minimum atomic E-state index is -1.21. The maximum absolute atomic E-state index is 11.8. The molecule has 1 heterocycles. The number of nitrogens with one attached hydrogen (secondary N) is 1. The Kier molecular flexibility index (Phi) is 3.33. The highest BCUT2D eigenvalue weighted by Crippen LogP contribution is 2.53. The molecular weight excluding hydrogens is 274 g/mol. The van der Waals surface area contributed by atoms with Crippen molar-refractivity contribution >= 4 is 12.1 Å². The van der Waals surface area contributed by atoms with Crippen LogP contribution in [-0.4, -0.2) is 35.9 Å². The van der Waals surface area contributed by atoms with Gasteiger partial charge in [0, 0.05) is 5.41 Å². The number of carboxylic acids is 1. The molecule has 0 bridgehead atoms. The van der Waals surface area contributed by atoms with Crippen LogP contribution in [0.1, 0.15) is 18.4 Å². The fraction of sp³-hybridized carbons (Fsp3) is 0.467. The maximum Gasteiger partial charge on any atom is 0.408 e. The number of carbonyl (C=O) groups excluding carboxylic acids is 1. The predicted molar refractivity (Wildman–Crippen MR) is 72.6 cm³/mol. The number of carboxylic acid groups (broad SMARTS) is 1. The zero-order chi connectivity index (χ0) is 14.9. The van der Waals surface area contributed by atoms with Crippen LogP contribution in [0.2, 0.25) is 0 Å². The first-order valence-electron chi connectivity index (χ1n) is 6.84. The van der Waals surface area contributed by atoms with Crippen molar-refractivity contribution in [1.29, 1.82) is 0 Å². The molecule has 0 atom stereocenters. The van der Waals surface area contributed by atoms with E-state index < -0.39 is 17.6 Å². The van der Waals surface area contributed by atoms with Gasteiger partial charge >= 0.3 is 12.1 Å². The largest absolute Gasteiger partial charge is 0.480 e. The lowest BCUT2D eigenvalue weighted by Gasteiger charge is -2.57. The Balaban J connectivity index is 1.54. The summed E-state index contributed by atoms with van der Waals surface area (Å²) in [6.45, 7) is 1.27. The summed E-state index contributed by atoms with van der Waals surface area (Å²) in [5.41, 5.74) is -0.419. The van der Waals surface area contributed by atoms with Crippen LogP contribution in [-0.2, 0) is 20.9 Å². The lowest BCUT2D eigenvalue weighted by molar-refractivity contribution is -0.203. The summed E-state index contributed by atoms with van der Waals surface area (Å²) in [6, 6.07) is 9.25. The van der Waals surface area contributed by atoms with Crippen molar-refractivity contribution in [3.8, 4) is 0 Å². The summed E-state index contributed by atoms with van der Waals surface area (Å²) >= 11 is 0. The van der Waals surface area contributed by atoms with Crippen LogP contribution in [0.5, 0.6) is 0 Å². The highest BCUT2D eigenvalue weighted by Gasteiger charge is 2.63. The monoisotopic (exact) mass is 291 g/mol. The highest BCUT2D eigenvalue weighted by atomic mass is 16.5. The van der Waals surface area contributed by atoms with Crippen LogP contribution < -0.4 is 5.32 Å². The molecule has 1 aromatic carbocycles. The summed E-state index contributed by atoms with van der Waals surface area (Å²) in [7, 11) is 0. The third-order valence-corrected chi connectivity index (χ3v) is 4.13. The molecule has 1 aliphatic heterocycles. The zero-order valence-corrected chi connectivity index (χ0v) is 11.5. The van der Waals surface area contributed by atoms with Crippen LogP contribution in [0.25, 0.3) is 0 Å². The molecule has 1 saturated carbocycles. The average Bonchev–Trinajstić information content (AvgIpc) is 2.39. The quantitative estimate of drug-likeness (QED) is 0.879. The second-order valence-corrected chi connectivity index (χ2v) is 5.92. The summed E-state index contributed by atoms with van der Waals surface area (Å²) in [4.78, 5) is 23.2. The first kappa shape index (κ1) is 13.9. The first-order chi connectivity index (χ1) is 10.0. The van der Waals surface area contributed by atoms with Gasteiger partial charge in [-0.05, 0) is 18.4 Å². The third kappa shape index (κ3) is 2.58. The van der Waals surface area contributed by atoms with E-state index >= 15 is 0 Å². The molecule has 3 rings (SSSR count). The van der Waals surface area contributed by atoms with E-state index in [0.717, 1.165) is 5.56 Å². The van der Waals surface area contributed by atoms with Crippen LogP contribution in [0, 0.1) is 5.41 Å². The van der Waals surface area contributed by atoms with Crippen molar-refractivity contribution in [3.63, 3.8) is 0 Å². The van der Waals surface area contributed by atoms with Gasteiger partial charge in [0.1, 0.15) is 12.1 Å². The Morgan fingerprint density at radius 3 is 2.43 bits per heavy atom. The van der Waals surface area contributed by atoms with Crippen molar-refractivity contribution in [2.24, 2.45) is 5.41 Å². The number of hydrogen-bond acceptors (Lipinski definition) is 4. The molecule has 6 nitrogen and oxygen atoms in total. The molecule has 21 heavy (non-hydrogen) atoms. The number of aliphatic carboxylic acids is 1. The second-order valence-electron chi connectivity index (χ2n) is 5.92. The van der Waals surface area contributed by atoms with Crippen LogP contribution >= 0.6 is 0 Å². The highest BCUT2D eigenvalue weighted by molar-refractivity contribution is 5.86. The Morgan fingerprint density at radius 1 is 1.24 bits per heavy atom. The van der Waals surface area contributed by atoms with Gasteiger partial charge in [0.15, 0.2) is 0 Å². The number of alkyl carbamates (subject to hydrolysis) is 1. The molecule has 1 saturated heterocycles. The van der Waals surface area contributed by atoms with Crippen molar-refractivity contribution < 1.29 is 24.2 Å². The second kappa shape index (κ2) is 5.04. The topological polar surface area (TPSA) is 84.9 Å². The van der Waals surface area contributed by atoms with E-state index in [4.69, 9.17) is 9.47 Å². The van der Waals surface area contributed by atoms with Crippen molar-refractivity contribution in [2.75, 3.05) is 13.2 Å². The summed E-state index contributed by atoms with van der Waals surface area (Å²) in [5, 5.41) is 11.9. The zero-order valence-electron chi connectivity index (χ0n) is 11.5. The minimum absolute atomic E-state index is 0.0644.